The number of ether oxygens (including phenoxy) is 1. The largest absolute Gasteiger partial charge is 0.394 e. The maximum atomic E-state index is 13.6. The van der Waals surface area contributed by atoms with Gasteiger partial charge in [0.05, 0.1) is 13.2 Å². The minimum Gasteiger partial charge on any atom is -0.394 e. The van der Waals surface area contributed by atoms with E-state index in [9.17, 15) is 24.9 Å². The Hall–Kier alpha value is -1.26. The smallest absolute Gasteiger partial charge is 0.234 e. The van der Waals surface area contributed by atoms with Crippen LogP contribution in [0.15, 0.2) is 0 Å². The summed E-state index contributed by atoms with van der Waals surface area (Å²) in [5.41, 5.74) is 5.53. The lowest BCUT2D eigenvalue weighted by Gasteiger charge is -2.46. The van der Waals surface area contributed by atoms with Gasteiger partial charge in [0.2, 0.25) is 11.8 Å². The van der Waals surface area contributed by atoms with Crippen LogP contribution in [0.5, 0.6) is 0 Å². The quantitative estimate of drug-likeness (QED) is 0.0506. The summed E-state index contributed by atoms with van der Waals surface area (Å²) in [6.45, 7) is 4.11. The third kappa shape index (κ3) is 20.1. The Morgan fingerprint density at radius 1 is 0.638 bits per heavy atom. The van der Waals surface area contributed by atoms with Gasteiger partial charge in [-0.25, -0.2) is 0 Å². The highest BCUT2D eigenvalue weighted by Gasteiger charge is 2.48. The van der Waals surface area contributed by atoms with Crippen molar-refractivity contribution in [2.24, 2.45) is 5.73 Å². The summed E-state index contributed by atoms with van der Waals surface area (Å²) in [5, 5.41) is 33.9. The Morgan fingerprint density at radius 2 is 1.04 bits per heavy atom. The second-order valence-electron chi connectivity index (χ2n) is 14.0. The summed E-state index contributed by atoms with van der Waals surface area (Å²) in [5.74, 6) is -0.600. The number of hydrogen-bond acceptors (Lipinski definition) is 7. The van der Waals surface area contributed by atoms with Crippen LogP contribution in [0.3, 0.4) is 0 Å². The first kappa shape index (κ1) is 43.8. The van der Waals surface area contributed by atoms with Crippen LogP contribution in [-0.4, -0.2) is 82.3 Å². The first-order valence-corrected chi connectivity index (χ1v) is 19.8. The zero-order valence-electron chi connectivity index (χ0n) is 30.5. The van der Waals surface area contributed by atoms with Gasteiger partial charge in [-0.2, -0.15) is 0 Å². The molecule has 0 saturated carbocycles. The van der Waals surface area contributed by atoms with Gasteiger partial charge in [-0.05, 0) is 12.8 Å². The molecule has 6 N–H and O–H groups in total. The zero-order chi connectivity index (χ0) is 34.5. The molecule has 0 aromatic heterocycles. The van der Waals surface area contributed by atoms with Crippen LogP contribution in [0.2, 0.25) is 0 Å². The normalized spacial score (nSPS) is 21.2. The number of nitrogens with one attached hydrogen (secondary N) is 1. The van der Waals surface area contributed by atoms with E-state index < -0.39 is 43.1 Å². The molecule has 1 aliphatic heterocycles. The molecule has 0 radical (unpaired) electrons. The zero-order valence-corrected chi connectivity index (χ0v) is 30.5. The summed E-state index contributed by atoms with van der Waals surface area (Å²) < 4.78 is 6.02. The van der Waals surface area contributed by atoms with Gasteiger partial charge in [0.1, 0.15) is 24.4 Å². The van der Waals surface area contributed by atoms with Crippen molar-refractivity contribution in [2.45, 2.75) is 211 Å². The lowest BCUT2D eigenvalue weighted by molar-refractivity contribution is -0.231. The van der Waals surface area contributed by atoms with E-state index in [1.807, 2.05) is 0 Å². The van der Waals surface area contributed by atoms with Crippen molar-refractivity contribution in [3.63, 3.8) is 0 Å². The molecule has 47 heavy (non-hydrogen) atoms. The van der Waals surface area contributed by atoms with E-state index in [-0.39, 0.29) is 12.5 Å². The highest BCUT2D eigenvalue weighted by atomic mass is 16.5. The molecule has 1 aliphatic rings. The topological polar surface area (TPSA) is 145 Å². The third-order valence-corrected chi connectivity index (χ3v) is 9.79. The van der Waals surface area contributed by atoms with Crippen molar-refractivity contribution < 1.29 is 29.6 Å². The van der Waals surface area contributed by atoms with Crippen LogP contribution in [0.25, 0.3) is 0 Å². The lowest BCUT2D eigenvalue weighted by atomic mass is 9.94. The molecular formula is C38H75N3O6. The number of rotatable bonds is 31. The molecule has 1 heterocycles. The average molecular weight is 670 g/mol. The molecule has 9 heteroatoms. The predicted octanol–water partition coefficient (Wildman–Crippen LogP) is 6.88. The van der Waals surface area contributed by atoms with E-state index in [4.69, 9.17) is 10.5 Å². The molecule has 278 valence electrons. The first-order valence-electron chi connectivity index (χ1n) is 19.8. The van der Waals surface area contributed by atoms with Gasteiger partial charge in [0.25, 0.3) is 0 Å². The fourth-order valence-electron chi connectivity index (χ4n) is 6.72. The molecule has 0 aliphatic carbocycles. The number of carbonyl (C=O) groups is 2. The number of nitrogens with zero attached hydrogens (tertiary/aromatic N) is 1. The van der Waals surface area contributed by atoms with Crippen LogP contribution >= 0.6 is 0 Å². The fraction of sp³-hybridized carbons (Fsp3) is 0.947. The monoisotopic (exact) mass is 670 g/mol. The molecular weight excluding hydrogens is 594 g/mol. The second-order valence-corrected chi connectivity index (χ2v) is 14.0. The fourth-order valence-corrected chi connectivity index (χ4v) is 6.72. The Bertz CT molecular complexity index is 757. The van der Waals surface area contributed by atoms with Gasteiger partial charge >= 0.3 is 0 Å². The van der Waals surface area contributed by atoms with E-state index in [2.05, 4.69) is 19.2 Å². The number of nitrogens with two attached hydrogens (primary N) is 1. The molecule has 1 rings (SSSR count). The molecule has 0 bridgehead atoms. The molecule has 5 atom stereocenters. The van der Waals surface area contributed by atoms with Gasteiger partial charge in [-0.1, -0.05) is 162 Å². The van der Waals surface area contributed by atoms with Crippen LogP contribution in [0, 0.1) is 0 Å². The number of amides is 2. The van der Waals surface area contributed by atoms with E-state index in [1.165, 1.54) is 122 Å². The van der Waals surface area contributed by atoms with Crippen molar-refractivity contribution in [1.29, 1.82) is 0 Å². The van der Waals surface area contributed by atoms with Gasteiger partial charge < -0.3 is 36.0 Å². The standard InChI is InChI=1S/C38H75N3O6/c1-3-5-7-9-11-13-14-15-16-17-18-19-21-23-25-27-29-41(34(44)28-26-24-22-20-12-10-8-6-4-2)38-35(40-33(43)30-39)37(46)36(45)32(31-42)47-38/h32,35-38,42,45-46H,3-31,39H2,1-2H3,(H,40,43)/t32-,35-,36-,37-,38-/m1/s1. The van der Waals surface area contributed by atoms with E-state index in [0.717, 1.165) is 38.5 Å². The molecule has 0 aromatic carbocycles. The Labute approximate surface area is 288 Å². The van der Waals surface area contributed by atoms with Crippen molar-refractivity contribution in [3.8, 4) is 0 Å². The van der Waals surface area contributed by atoms with E-state index in [0.29, 0.717) is 13.0 Å². The highest BCUT2D eigenvalue weighted by molar-refractivity contribution is 5.79. The van der Waals surface area contributed by atoms with Gasteiger partial charge in [-0.15, -0.1) is 0 Å². The summed E-state index contributed by atoms with van der Waals surface area (Å²) in [6.07, 6.45) is 26.0. The molecule has 1 fully saturated rings. The Balaban J connectivity index is 2.55. The summed E-state index contributed by atoms with van der Waals surface area (Å²) in [6, 6.07) is -1.04. The van der Waals surface area contributed by atoms with Crippen molar-refractivity contribution in [2.75, 3.05) is 19.7 Å². The van der Waals surface area contributed by atoms with Crippen LogP contribution in [0.1, 0.15) is 181 Å². The van der Waals surface area contributed by atoms with Crippen molar-refractivity contribution in [1.82, 2.24) is 10.2 Å². The van der Waals surface area contributed by atoms with Crippen molar-refractivity contribution in [3.05, 3.63) is 0 Å². The molecule has 1 saturated heterocycles. The SMILES string of the molecule is CCCCCCCCCCCCCCCCCCN(C(=O)CCCCCCCCCCC)[C@@H]1O[C@H](CO)[C@@H](O)[C@H](O)[C@H]1NC(=O)CN. The second kappa shape index (κ2) is 29.6. The number of carbonyl (C=O) groups excluding carboxylic acids is 2. The number of unbranched alkanes of at least 4 members (excludes halogenated alkanes) is 23. The maximum absolute atomic E-state index is 13.6. The summed E-state index contributed by atoms with van der Waals surface area (Å²) in [4.78, 5) is 27.5. The van der Waals surface area contributed by atoms with Crippen molar-refractivity contribution >= 4 is 11.8 Å². The van der Waals surface area contributed by atoms with Gasteiger partial charge in [-0.3, -0.25) is 9.59 Å². The lowest BCUT2D eigenvalue weighted by Crippen LogP contribution is -2.69. The Morgan fingerprint density at radius 3 is 1.45 bits per heavy atom. The summed E-state index contributed by atoms with van der Waals surface area (Å²) >= 11 is 0. The van der Waals surface area contributed by atoms with E-state index in [1.54, 1.807) is 4.90 Å². The van der Waals surface area contributed by atoms with Crippen LogP contribution in [-0.2, 0) is 14.3 Å². The number of aliphatic hydroxyl groups excluding tert-OH is 3. The van der Waals surface area contributed by atoms with Gasteiger partial charge in [0.15, 0.2) is 6.23 Å². The predicted molar refractivity (Wildman–Crippen MR) is 192 cm³/mol. The highest BCUT2D eigenvalue weighted by Crippen LogP contribution is 2.26. The van der Waals surface area contributed by atoms with Gasteiger partial charge in [0, 0.05) is 13.0 Å². The number of aliphatic hydroxyl groups is 3. The Kier molecular flexibility index (Phi) is 27.6. The minimum absolute atomic E-state index is 0.0915. The number of hydrogen-bond donors (Lipinski definition) is 5. The summed E-state index contributed by atoms with van der Waals surface area (Å²) in [7, 11) is 0. The maximum Gasteiger partial charge on any atom is 0.234 e. The van der Waals surface area contributed by atoms with E-state index >= 15 is 0 Å². The van der Waals surface area contributed by atoms with Crippen LogP contribution in [0.4, 0.5) is 0 Å². The molecule has 2 amide bonds. The average Bonchev–Trinajstić information content (AvgIpc) is 3.07. The van der Waals surface area contributed by atoms with Crippen LogP contribution < -0.4 is 11.1 Å². The molecule has 0 spiro atoms. The first-order chi connectivity index (χ1) is 22.9. The molecule has 0 unspecified atom stereocenters. The minimum atomic E-state index is -1.41. The molecule has 0 aromatic rings. The third-order valence-electron chi connectivity index (χ3n) is 9.79. The molecule has 9 nitrogen and oxygen atoms in total.